The number of para-hydroxylation sites is 1. The fourth-order valence-electron chi connectivity index (χ4n) is 3.89. The summed E-state index contributed by atoms with van der Waals surface area (Å²) in [6.45, 7) is 5.59. The van der Waals surface area contributed by atoms with Gasteiger partial charge in [0.15, 0.2) is 0 Å². The molecule has 3 aromatic rings. The van der Waals surface area contributed by atoms with Crippen LogP contribution in [-0.4, -0.2) is 42.0 Å². The van der Waals surface area contributed by atoms with Gasteiger partial charge in [0, 0.05) is 41.4 Å². The van der Waals surface area contributed by atoms with Gasteiger partial charge in [0.05, 0.1) is 13.2 Å². The van der Waals surface area contributed by atoms with E-state index in [-0.39, 0.29) is 11.9 Å². The molecule has 29 heavy (non-hydrogen) atoms. The van der Waals surface area contributed by atoms with Gasteiger partial charge in [-0.25, -0.2) is 0 Å². The Labute approximate surface area is 171 Å². The molecule has 1 aliphatic rings. The number of rotatable bonds is 5. The van der Waals surface area contributed by atoms with Crippen molar-refractivity contribution in [2.75, 3.05) is 25.5 Å². The van der Waals surface area contributed by atoms with E-state index >= 15 is 0 Å². The number of benzene rings is 2. The minimum Gasteiger partial charge on any atom is -0.497 e. The van der Waals surface area contributed by atoms with Crippen LogP contribution in [0.4, 0.5) is 5.69 Å². The van der Waals surface area contributed by atoms with Gasteiger partial charge in [-0.05, 0) is 55.7 Å². The number of amides is 1. The summed E-state index contributed by atoms with van der Waals surface area (Å²) >= 11 is 0. The summed E-state index contributed by atoms with van der Waals surface area (Å²) in [4.78, 5) is 18.3. The molecule has 0 saturated carbocycles. The van der Waals surface area contributed by atoms with Crippen molar-refractivity contribution in [3.63, 3.8) is 0 Å². The molecular weight excluding hydrogens is 362 g/mol. The van der Waals surface area contributed by atoms with E-state index in [1.54, 1.807) is 7.11 Å². The van der Waals surface area contributed by atoms with Crippen LogP contribution in [0.25, 0.3) is 16.5 Å². The van der Waals surface area contributed by atoms with Gasteiger partial charge in [0.1, 0.15) is 5.75 Å². The Bertz CT molecular complexity index is 1070. The van der Waals surface area contributed by atoms with Crippen molar-refractivity contribution in [3.8, 4) is 5.75 Å². The highest BCUT2D eigenvalue weighted by Gasteiger charge is 2.24. The standard InChI is InChI=1S/C24H27N3O2/c1-16-6-4-5-7-22(16)26-24(28)17(2)27-12-10-18(11-13-27)21-15-25-23-9-8-19(29-3)14-20(21)23/h4-10,14-15,17,25H,11-13H2,1-3H3,(H,26,28)/t17-/m0/s1. The molecule has 0 unspecified atom stereocenters. The number of hydrogen-bond donors (Lipinski definition) is 2. The average Bonchev–Trinajstić information content (AvgIpc) is 3.18. The quantitative estimate of drug-likeness (QED) is 0.670. The first-order chi connectivity index (χ1) is 14.1. The lowest BCUT2D eigenvalue weighted by Crippen LogP contribution is -2.44. The number of ether oxygens (including phenoxy) is 1. The summed E-state index contributed by atoms with van der Waals surface area (Å²) in [5.41, 5.74) is 5.59. The van der Waals surface area contributed by atoms with Gasteiger partial charge in [0.2, 0.25) is 5.91 Å². The molecule has 2 heterocycles. The lowest BCUT2D eigenvalue weighted by Gasteiger charge is -2.31. The van der Waals surface area contributed by atoms with Crippen LogP contribution in [0.5, 0.6) is 5.75 Å². The van der Waals surface area contributed by atoms with Crippen LogP contribution in [0.15, 0.2) is 54.7 Å². The Morgan fingerprint density at radius 1 is 1.24 bits per heavy atom. The zero-order valence-electron chi connectivity index (χ0n) is 17.2. The topological polar surface area (TPSA) is 57.4 Å². The normalized spacial score (nSPS) is 15.8. The van der Waals surface area contributed by atoms with Gasteiger partial charge >= 0.3 is 0 Å². The van der Waals surface area contributed by atoms with Crippen molar-refractivity contribution < 1.29 is 9.53 Å². The second kappa shape index (κ2) is 8.13. The summed E-state index contributed by atoms with van der Waals surface area (Å²) in [6.07, 6.45) is 5.22. The molecular formula is C24H27N3O2. The van der Waals surface area contributed by atoms with Gasteiger partial charge in [-0.15, -0.1) is 0 Å². The lowest BCUT2D eigenvalue weighted by molar-refractivity contribution is -0.120. The van der Waals surface area contributed by atoms with Gasteiger partial charge < -0.3 is 15.0 Å². The number of methoxy groups -OCH3 is 1. The summed E-state index contributed by atoms with van der Waals surface area (Å²) in [6, 6.07) is 13.8. The van der Waals surface area contributed by atoms with Crippen molar-refractivity contribution in [2.24, 2.45) is 0 Å². The van der Waals surface area contributed by atoms with E-state index in [0.29, 0.717) is 0 Å². The molecule has 0 fully saturated rings. The highest BCUT2D eigenvalue weighted by Crippen LogP contribution is 2.32. The number of nitrogens with one attached hydrogen (secondary N) is 2. The maximum absolute atomic E-state index is 12.7. The number of aryl methyl sites for hydroxylation is 1. The monoisotopic (exact) mass is 389 g/mol. The first-order valence-electron chi connectivity index (χ1n) is 10.0. The molecule has 0 saturated heterocycles. The van der Waals surface area contributed by atoms with Crippen molar-refractivity contribution in [1.82, 2.24) is 9.88 Å². The van der Waals surface area contributed by atoms with Crippen molar-refractivity contribution in [1.29, 1.82) is 0 Å². The van der Waals surface area contributed by atoms with Crippen LogP contribution >= 0.6 is 0 Å². The van der Waals surface area contributed by atoms with Crippen LogP contribution in [-0.2, 0) is 4.79 Å². The fourth-order valence-corrected chi connectivity index (χ4v) is 3.89. The van der Waals surface area contributed by atoms with E-state index in [9.17, 15) is 4.79 Å². The second-order valence-electron chi connectivity index (χ2n) is 7.57. The largest absolute Gasteiger partial charge is 0.497 e. The molecule has 2 N–H and O–H groups in total. The van der Waals surface area contributed by atoms with Gasteiger partial charge in [-0.1, -0.05) is 24.3 Å². The molecule has 1 aromatic heterocycles. The third-order valence-electron chi connectivity index (χ3n) is 5.81. The van der Waals surface area contributed by atoms with E-state index in [0.717, 1.165) is 42.0 Å². The smallest absolute Gasteiger partial charge is 0.241 e. The molecule has 0 radical (unpaired) electrons. The molecule has 0 aliphatic carbocycles. The fraction of sp³-hybridized carbons (Fsp3) is 0.292. The molecule has 1 atom stereocenters. The summed E-state index contributed by atoms with van der Waals surface area (Å²) in [5, 5.41) is 4.24. The van der Waals surface area contributed by atoms with Gasteiger partial charge in [-0.3, -0.25) is 9.69 Å². The van der Waals surface area contributed by atoms with Crippen LogP contribution in [0, 0.1) is 6.92 Å². The number of nitrogens with zero attached hydrogens (tertiary/aromatic N) is 1. The van der Waals surface area contributed by atoms with Crippen LogP contribution in [0.1, 0.15) is 24.5 Å². The number of anilines is 1. The number of H-pyrrole nitrogens is 1. The Balaban J connectivity index is 1.47. The molecule has 0 bridgehead atoms. The molecule has 4 rings (SSSR count). The Kier molecular flexibility index (Phi) is 5.41. The third kappa shape index (κ3) is 3.91. The highest BCUT2D eigenvalue weighted by molar-refractivity contribution is 5.96. The Hall–Kier alpha value is -3.05. The first kappa shape index (κ1) is 19.3. The van der Waals surface area contributed by atoms with Gasteiger partial charge in [0.25, 0.3) is 0 Å². The van der Waals surface area contributed by atoms with E-state index in [4.69, 9.17) is 4.74 Å². The van der Waals surface area contributed by atoms with Crippen molar-refractivity contribution in [2.45, 2.75) is 26.3 Å². The summed E-state index contributed by atoms with van der Waals surface area (Å²) < 4.78 is 5.38. The molecule has 150 valence electrons. The minimum atomic E-state index is -0.185. The number of fused-ring (bicyclic) bond motifs is 1. The Morgan fingerprint density at radius 2 is 2.07 bits per heavy atom. The number of carbonyl (C=O) groups is 1. The molecule has 2 aromatic carbocycles. The van der Waals surface area contributed by atoms with Crippen LogP contribution in [0.3, 0.4) is 0 Å². The van der Waals surface area contributed by atoms with Gasteiger partial charge in [-0.2, -0.15) is 0 Å². The van der Waals surface area contributed by atoms with Crippen molar-refractivity contribution >= 4 is 28.1 Å². The Morgan fingerprint density at radius 3 is 2.79 bits per heavy atom. The third-order valence-corrected chi connectivity index (χ3v) is 5.81. The molecule has 0 spiro atoms. The zero-order chi connectivity index (χ0) is 20.4. The maximum atomic E-state index is 12.7. The predicted octanol–water partition coefficient (Wildman–Crippen LogP) is 4.60. The van der Waals surface area contributed by atoms with E-state index in [2.05, 4.69) is 33.5 Å². The van der Waals surface area contributed by atoms with E-state index in [1.165, 1.54) is 16.5 Å². The first-order valence-corrected chi connectivity index (χ1v) is 10.0. The SMILES string of the molecule is COc1ccc2[nH]cc(C3=CCN([C@@H](C)C(=O)Nc4ccccc4C)CC3)c2c1. The summed E-state index contributed by atoms with van der Waals surface area (Å²) in [7, 11) is 1.69. The number of hydrogen-bond acceptors (Lipinski definition) is 3. The molecule has 5 heteroatoms. The maximum Gasteiger partial charge on any atom is 0.241 e. The predicted molar refractivity (Wildman–Crippen MR) is 118 cm³/mol. The average molecular weight is 389 g/mol. The second-order valence-corrected chi connectivity index (χ2v) is 7.57. The van der Waals surface area contributed by atoms with Crippen LogP contribution in [0.2, 0.25) is 0 Å². The number of carbonyl (C=O) groups excluding carboxylic acids is 1. The lowest BCUT2D eigenvalue weighted by atomic mass is 9.98. The van der Waals surface area contributed by atoms with E-state index < -0.39 is 0 Å². The highest BCUT2D eigenvalue weighted by atomic mass is 16.5. The molecule has 1 amide bonds. The number of aromatic amines is 1. The van der Waals surface area contributed by atoms with Crippen molar-refractivity contribution in [3.05, 3.63) is 65.9 Å². The number of aromatic nitrogens is 1. The van der Waals surface area contributed by atoms with E-state index in [1.807, 2.05) is 50.2 Å². The summed E-state index contributed by atoms with van der Waals surface area (Å²) in [5.74, 6) is 0.894. The zero-order valence-corrected chi connectivity index (χ0v) is 17.2. The molecule has 5 nitrogen and oxygen atoms in total. The molecule has 1 aliphatic heterocycles. The van der Waals surface area contributed by atoms with Crippen LogP contribution < -0.4 is 10.1 Å². The minimum absolute atomic E-state index is 0.0352.